The first kappa shape index (κ1) is 22.8. The topological polar surface area (TPSA) is 130 Å². The summed E-state index contributed by atoms with van der Waals surface area (Å²) in [6.07, 6.45) is 6.58. The molecular formula is C20H25ClN6O4S. The third-order valence-electron chi connectivity index (χ3n) is 6.14. The molecule has 4 rings (SSSR count). The highest BCUT2D eigenvalue weighted by atomic mass is 35.5. The van der Waals surface area contributed by atoms with Gasteiger partial charge in [-0.05, 0) is 19.3 Å². The SMILES string of the molecule is CC(=O)O[C@@H]1CN(S(C)(=O)=O)CC[C@H]1Nc1ncc2c(Cl)c(C#N)c(C3CCCC3)n2n1. The Bertz CT molecular complexity index is 1180. The maximum absolute atomic E-state index is 12.0. The predicted octanol–water partition coefficient (Wildman–Crippen LogP) is 2.29. The molecule has 2 aromatic heterocycles. The van der Waals surface area contributed by atoms with Gasteiger partial charge < -0.3 is 10.1 Å². The number of sulfonamides is 1. The van der Waals surface area contributed by atoms with Crippen molar-refractivity contribution in [1.29, 1.82) is 5.26 Å². The summed E-state index contributed by atoms with van der Waals surface area (Å²) >= 11 is 6.46. The number of rotatable bonds is 5. The molecule has 1 saturated heterocycles. The number of fused-ring (bicyclic) bond motifs is 1. The average Bonchev–Trinajstić information content (AvgIpc) is 3.34. The monoisotopic (exact) mass is 480 g/mol. The number of halogens is 1. The van der Waals surface area contributed by atoms with Gasteiger partial charge in [0.1, 0.15) is 17.7 Å². The number of esters is 1. The van der Waals surface area contributed by atoms with Crippen LogP contribution in [0.15, 0.2) is 6.20 Å². The van der Waals surface area contributed by atoms with Gasteiger partial charge in [-0.25, -0.2) is 17.9 Å². The minimum absolute atomic E-state index is 0.0551. The molecule has 2 aromatic rings. The molecule has 2 atom stereocenters. The maximum Gasteiger partial charge on any atom is 0.303 e. The van der Waals surface area contributed by atoms with Crippen molar-refractivity contribution in [2.45, 2.75) is 57.1 Å². The lowest BCUT2D eigenvalue weighted by Crippen LogP contribution is -2.53. The Hall–Kier alpha value is -2.42. The van der Waals surface area contributed by atoms with Crippen LogP contribution in [0.2, 0.25) is 5.02 Å². The fourth-order valence-corrected chi connectivity index (χ4v) is 5.76. The van der Waals surface area contributed by atoms with E-state index in [9.17, 15) is 18.5 Å². The Morgan fingerprint density at radius 1 is 1.34 bits per heavy atom. The van der Waals surface area contributed by atoms with Crippen molar-refractivity contribution >= 4 is 39.1 Å². The first-order valence-electron chi connectivity index (χ1n) is 10.5. The van der Waals surface area contributed by atoms with Gasteiger partial charge in [-0.15, -0.1) is 5.10 Å². The lowest BCUT2D eigenvalue weighted by atomic mass is 10.0. The molecule has 1 N–H and O–H groups in total. The van der Waals surface area contributed by atoms with Crippen LogP contribution in [0.3, 0.4) is 0 Å². The van der Waals surface area contributed by atoms with Crippen LogP contribution in [-0.2, 0) is 19.6 Å². The van der Waals surface area contributed by atoms with E-state index in [1.54, 1.807) is 10.7 Å². The molecule has 3 heterocycles. The molecule has 1 aliphatic carbocycles. The number of hydrogen-bond acceptors (Lipinski definition) is 8. The summed E-state index contributed by atoms with van der Waals surface area (Å²) in [5.41, 5.74) is 1.81. The summed E-state index contributed by atoms with van der Waals surface area (Å²) in [4.78, 5) is 16.0. The van der Waals surface area contributed by atoms with Crippen LogP contribution >= 0.6 is 11.6 Å². The van der Waals surface area contributed by atoms with Gasteiger partial charge in [-0.3, -0.25) is 4.79 Å². The van der Waals surface area contributed by atoms with Gasteiger partial charge in [0.15, 0.2) is 0 Å². The number of hydrogen-bond donors (Lipinski definition) is 1. The number of ether oxygens (including phenoxy) is 1. The van der Waals surface area contributed by atoms with E-state index in [0.29, 0.717) is 28.5 Å². The van der Waals surface area contributed by atoms with Crippen molar-refractivity contribution in [2.24, 2.45) is 0 Å². The summed E-state index contributed by atoms with van der Waals surface area (Å²) in [6.45, 7) is 1.63. The van der Waals surface area contributed by atoms with Crippen molar-refractivity contribution in [3.63, 3.8) is 0 Å². The van der Waals surface area contributed by atoms with Gasteiger partial charge in [-0.2, -0.15) is 9.57 Å². The highest BCUT2D eigenvalue weighted by molar-refractivity contribution is 7.88. The van der Waals surface area contributed by atoms with Crippen LogP contribution in [0.1, 0.15) is 56.2 Å². The zero-order chi connectivity index (χ0) is 23.0. The summed E-state index contributed by atoms with van der Waals surface area (Å²) in [5.74, 6) is 0.00921. The third kappa shape index (κ3) is 4.40. The van der Waals surface area contributed by atoms with E-state index < -0.39 is 22.1 Å². The Balaban J connectivity index is 1.65. The largest absolute Gasteiger partial charge is 0.459 e. The summed E-state index contributed by atoms with van der Waals surface area (Å²) < 4.78 is 32.3. The van der Waals surface area contributed by atoms with Crippen LogP contribution < -0.4 is 5.32 Å². The number of carbonyl (C=O) groups excluding carboxylic acids is 1. The van der Waals surface area contributed by atoms with E-state index in [4.69, 9.17) is 16.3 Å². The van der Waals surface area contributed by atoms with Crippen LogP contribution in [-0.4, -0.2) is 64.8 Å². The van der Waals surface area contributed by atoms with Gasteiger partial charge in [-0.1, -0.05) is 24.4 Å². The minimum atomic E-state index is -3.41. The summed E-state index contributed by atoms with van der Waals surface area (Å²) in [6, 6.07) is 1.85. The molecule has 0 amide bonds. The number of nitrogens with one attached hydrogen (secondary N) is 1. The smallest absolute Gasteiger partial charge is 0.303 e. The second-order valence-corrected chi connectivity index (χ2v) is 10.7. The van der Waals surface area contributed by atoms with E-state index in [1.807, 2.05) is 0 Å². The van der Waals surface area contributed by atoms with Crippen LogP contribution in [0.4, 0.5) is 5.95 Å². The van der Waals surface area contributed by atoms with Crippen molar-refractivity contribution in [3.8, 4) is 6.07 Å². The molecule has 2 aliphatic rings. The van der Waals surface area contributed by atoms with Crippen molar-refractivity contribution < 1.29 is 17.9 Å². The van der Waals surface area contributed by atoms with Gasteiger partial charge in [0.05, 0.1) is 41.3 Å². The number of anilines is 1. The quantitative estimate of drug-likeness (QED) is 0.645. The molecule has 12 heteroatoms. The zero-order valence-corrected chi connectivity index (χ0v) is 19.5. The number of nitriles is 1. The van der Waals surface area contributed by atoms with E-state index in [2.05, 4.69) is 21.5 Å². The highest BCUT2D eigenvalue weighted by Gasteiger charge is 2.36. The fraction of sp³-hybridized carbons (Fsp3) is 0.600. The number of aromatic nitrogens is 3. The molecule has 1 saturated carbocycles. The molecule has 32 heavy (non-hydrogen) atoms. The van der Waals surface area contributed by atoms with Crippen LogP contribution in [0, 0.1) is 11.3 Å². The number of carbonyl (C=O) groups is 1. The summed E-state index contributed by atoms with van der Waals surface area (Å²) in [7, 11) is -3.41. The van der Waals surface area contributed by atoms with Crippen LogP contribution in [0.25, 0.3) is 5.52 Å². The fourth-order valence-electron chi connectivity index (χ4n) is 4.63. The standard InChI is InChI=1S/C20H25ClN6O4S/c1-12(28)31-17-11-26(32(2,29)30)8-7-15(17)24-20-23-10-16-18(21)14(9-22)19(27(16)25-20)13-5-3-4-6-13/h10,13,15,17H,3-8,11H2,1-2H3,(H,24,25)/t15-,17-/m1/s1. The molecule has 0 spiro atoms. The molecular weight excluding hydrogens is 456 g/mol. The minimum Gasteiger partial charge on any atom is -0.459 e. The molecule has 172 valence electrons. The van der Waals surface area contributed by atoms with E-state index in [1.165, 1.54) is 11.2 Å². The molecule has 2 fully saturated rings. The Morgan fingerprint density at radius 3 is 2.69 bits per heavy atom. The van der Waals surface area contributed by atoms with Gasteiger partial charge in [0.2, 0.25) is 16.0 Å². The Labute approximate surface area is 191 Å². The van der Waals surface area contributed by atoms with Gasteiger partial charge in [0, 0.05) is 19.4 Å². The lowest BCUT2D eigenvalue weighted by molar-refractivity contribution is -0.148. The molecule has 0 bridgehead atoms. The lowest BCUT2D eigenvalue weighted by Gasteiger charge is -2.36. The predicted molar refractivity (Wildman–Crippen MR) is 118 cm³/mol. The van der Waals surface area contributed by atoms with Crippen molar-refractivity contribution in [2.75, 3.05) is 24.7 Å². The van der Waals surface area contributed by atoms with Gasteiger partial charge >= 0.3 is 5.97 Å². The Kier molecular flexibility index (Phi) is 6.29. The molecule has 0 aromatic carbocycles. The Morgan fingerprint density at radius 2 is 2.06 bits per heavy atom. The van der Waals surface area contributed by atoms with Crippen molar-refractivity contribution in [3.05, 3.63) is 22.5 Å². The second-order valence-electron chi connectivity index (χ2n) is 8.35. The van der Waals surface area contributed by atoms with Crippen LogP contribution in [0.5, 0.6) is 0 Å². The maximum atomic E-state index is 12.0. The highest BCUT2D eigenvalue weighted by Crippen LogP contribution is 2.40. The normalized spacial score (nSPS) is 22.7. The third-order valence-corrected chi connectivity index (χ3v) is 7.79. The number of piperidine rings is 1. The first-order valence-corrected chi connectivity index (χ1v) is 12.8. The number of nitrogens with zero attached hydrogens (tertiary/aromatic N) is 5. The molecule has 0 radical (unpaired) electrons. The van der Waals surface area contributed by atoms with E-state index in [0.717, 1.165) is 37.6 Å². The molecule has 0 unspecified atom stereocenters. The van der Waals surface area contributed by atoms with E-state index in [-0.39, 0.29) is 25.0 Å². The van der Waals surface area contributed by atoms with Gasteiger partial charge in [0.25, 0.3) is 0 Å². The zero-order valence-electron chi connectivity index (χ0n) is 17.9. The first-order chi connectivity index (χ1) is 15.2. The molecule has 10 nitrogen and oxygen atoms in total. The summed E-state index contributed by atoms with van der Waals surface area (Å²) in [5, 5.41) is 17.8. The van der Waals surface area contributed by atoms with Crippen molar-refractivity contribution in [1.82, 2.24) is 18.9 Å². The average molecular weight is 481 g/mol. The molecule has 1 aliphatic heterocycles. The van der Waals surface area contributed by atoms with E-state index >= 15 is 0 Å². The second kappa shape index (κ2) is 8.84.